The Morgan fingerprint density at radius 3 is 2.54 bits per heavy atom. The van der Waals surface area contributed by atoms with Crippen molar-refractivity contribution in [2.45, 2.75) is 6.92 Å². The predicted molar refractivity (Wildman–Crippen MR) is 93.2 cm³/mol. The summed E-state index contributed by atoms with van der Waals surface area (Å²) in [5, 5.41) is 20.9. The molecule has 0 saturated heterocycles. The van der Waals surface area contributed by atoms with Gasteiger partial charge in [0.15, 0.2) is 0 Å². The van der Waals surface area contributed by atoms with E-state index in [1.54, 1.807) is 13.0 Å². The molecule has 6 nitrogen and oxygen atoms in total. The number of hydrogen-bond donors (Lipinski definition) is 2. The van der Waals surface area contributed by atoms with E-state index in [4.69, 9.17) is 9.84 Å². The van der Waals surface area contributed by atoms with Crippen LogP contribution >= 0.6 is 0 Å². The number of carboxylic acids is 1. The van der Waals surface area contributed by atoms with Crippen LogP contribution < -0.4 is 10.1 Å². The number of benzene rings is 2. The van der Waals surface area contributed by atoms with Gasteiger partial charge < -0.3 is 15.2 Å². The molecule has 0 radical (unpaired) electrons. The highest BCUT2D eigenvalue weighted by atomic mass is 19.1. The topological polar surface area (TPSA) is 99.4 Å². The van der Waals surface area contributed by atoms with Crippen molar-refractivity contribution in [1.29, 1.82) is 5.26 Å². The van der Waals surface area contributed by atoms with Crippen molar-refractivity contribution < 1.29 is 23.8 Å². The fraction of sp³-hybridized carbons (Fsp3) is 0.105. The Morgan fingerprint density at radius 2 is 1.96 bits per heavy atom. The van der Waals surface area contributed by atoms with Crippen LogP contribution in [0.1, 0.15) is 22.8 Å². The van der Waals surface area contributed by atoms with Gasteiger partial charge in [0, 0.05) is 11.3 Å². The number of nitrogens with zero attached hydrogens (tertiary/aromatic N) is 1. The summed E-state index contributed by atoms with van der Waals surface area (Å²) in [6.45, 7) is 2.09. The molecule has 2 N–H and O–H groups in total. The number of halogens is 1. The standard InChI is InChI=1S/C19H15FN2O4/c1-2-26-17-8-3-12(19(24)25)9-13(17)10-14(11-21)18(23)22-16-6-4-15(20)5-7-16/h3-10H,2H2,1H3,(H,22,23)(H,24,25)/b14-10+. The Morgan fingerprint density at radius 1 is 1.27 bits per heavy atom. The number of nitriles is 1. The maximum Gasteiger partial charge on any atom is 0.335 e. The first-order valence-corrected chi connectivity index (χ1v) is 7.63. The first-order chi connectivity index (χ1) is 12.4. The second-order valence-corrected chi connectivity index (χ2v) is 5.12. The molecule has 0 spiro atoms. The van der Waals surface area contributed by atoms with Gasteiger partial charge in [0.25, 0.3) is 5.91 Å². The smallest absolute Gasteiger partial charge is 0.335 e. The molecule has 0 fully saturated rings. The Labute approximate surface area is 149 Å². The zero-order chi connectivity index (χ0) is 19.1. The highest BCUT2D eigenvalue weighted by Crippen LogP contribution is 2.24. The molecule has 1 amide bonds. The summed E-state index contributed by atoms with van der Waals surface area (Å²) in [6.07, 6.45) is 1.25. The van der Waals surface area contributed by atoms with Gasteiger partial charge in [0.05, 0.1) is 12.2 Å². The van der Waals surface area contributed by atoms with Gasteiger partial charge in [-0.05, 0) is 55.5 Å². The molecular weight excluding hydrogens is 339 g/mol. The monoisotopic (exact) mass is 354 g/mol. The molecule has 0 aliphatic carbocycles. The average molecular weight is 354 g/mol. The minimum absolute atomic E-state index is 0.00376. The van der Waals surface area contributed by atoms with E-state index in [1.807, 2.05) is 0 Å². The summed E-state index contributed by atoms with van der Waals surface area (Å²) in [4.78, 5) is 23.4. The number of ether oxygens (including phenoxy) is 1. The van der Waals surface area contributed by atoms with Crippen LogP contribution in [0.25, 0.3) is 6.08 Å². The van der Waals surface area contributed by atoms with E-state index in [0.29, 0.717) is 18.0 Å². The second kappa shape index (κ2) is 8.44. The van der Waals surface area contributed by atoms with E-state index < -0.39 is 17.7 Å². The normalized spacial score (nSPS) is 10.7. The number of anilines is 1. The third-order valence-corrected chi connectivity index (χ3v) is 3.32. The van der Waals surface area contributed by atoms with Crippen LogP contribution in [-0.4, -0.2) is 23.6 Å². The van der Waals surface area contributed by atoms with Crippen LogP contribution in [-0.2, 0) is 4.79 Å². The van der Waals surface area contributed by atoms with E-state index in [-0.39, 0.29) is 16.7 Å². The molecule has 0 bridgehead atoms. The van der Waals surface area contributed by atoms with Crippen LogP contribution in [0, 0.1) is 17.1 Å². The minimum atomic E-state index is -1.14. The predicted octanol–water partition coefficient (Wildman–Crippen LogP) is 3.47. The van der Waals surface area contributed by atoms with Crippen molar-refractivity contribution >= 4 is 23.6 Å². The van der Waals surface area contributed by atoms with E-state index >= 15 is 0 Å². The Kier molecular flexibility index (Phi) is 6.06. The molecule has 0 aliphatic heterocycles. The summed E-state index contributed by atoms with van der Waals surface area (Å²) in [7, 11) is 0. The van der Waals surface area contributed by atoms with Crippen molar-refractivity contribution in [3.63, 3.8) is 0 Å². The number of amides is 1. The molecule has 2 aromatic carbocycles. The third kappa shape index (κ3) is 4.68. The number of aromatic carboxylic acids is 1. The molecule has 7 heteroatoms. The van der Waals surface area contributed by atoms with Gasteiger partial charge >= 0.3 is 5.97 Å². The third-order valence-electron chi connectivity index (χ3n) is 3.32. The Hall–Kier alpha value is -3.66. The van der Waals surface area contributed by atoms with Gasteiger partial charge in [-0.15, -0.1) is 0 Å². The highest BCUT2D eigenvalue weighted by Gasteiger charge is 2.13. The van der Waals surface area contributed by atoms with Crippen molar-refractivity contribution in [3.05, 3.63) is 65.0 Å². The first-order valence-electron chi connectivity index (χ1n) is 7.63. The van der Waals surface area contributed by atoms with E-state index in [0.717, 1.165) is 0 Å². The quantitative estimate of drug-likeness (QED) is 0.611. The molecular formula is C19H15FN2O4. The maximum atomic E-state index is 12.9. The SMILES string of the molecule is CCOc1ccc(C(=O)O)cc1/C=C(\C#N)C(=O)Nc1ccc(F)cc1. The van der Waals surface area contributed by atoms with Crippen molar-refractivity contribution in [1.82, 2.24) is 0 Å². The van der Waals surface area contributed by atoms with Crippen LogP contribution in [0.2, 0.25) is 0 Å². The zero-order valence-electron chi connectivity index (χ0n) is 13.8. The van der Waals surface area contributed by atoms with Gasteiger partial charge in [0.2, 0.25) is 0 Å². The van der Waals surface area contributed by atoms with E-state index in [1.165, 1.54) is 48.5 Å². The van der Waals surface area contributed by atoms with Gasteiger partial charge in [-0.25, -0.2) is 9.18 Å². The van der Waals surface area contributed by atoms with Crippen LogP contribution in [0.5, 0.6) is 5.75 Å². The number of hydrogen-bond acceptors (Lipinski definition) is 4. The number of nitrogens with one attached hydrogen (secondary N) is 1. The molecule has 2 rings (SSSR count). The Balaban J connectivity index is 2.35. The number of carbonyl (C=O) groups excluding carboxylic acids is 1. The highest BCUT2D eigenvalue weighted by molar-refractivity contribution is 6.10. The largest absolute Gasteiger partial charge is 0.493 e. The lowest BCUT2D eigenvalue weighted by molar-refractivity contribution is -0.112. The van der Waals surface area contributed by atoms with Gasteiger partial charge in [-0.3, -0.25) is 4.79 Å². The minimum Gasteiger partial charge on any atom is -0.493 e. The lowest BCUT2D eigenvalue weighted by Crippen LogP contribution is -2.13. The first kappa shape index (κ1) is 18.7. The molecule has 0 atom stereocenters. The van der Waals surface area contributed by atoms with Crippen molar-refractivity contribution in [2.24, 2.45) is 0 Å². The summed E-state index contributed by atoms with van der Waals surface area (Å²) >= 11 is 0. The van der Waals surface area contributed by atoms with E-state index in [2.05, 4.69) is 5.32 Å². The molecule has 0 heterocycles. The molecule has 0 saturated carbocycles. The zero-order valence-corrected chi connectivity index (χ0v) is 13.8. The molecule has 26 heavy (non-hydrogen) atoms. The molecule has 132 valence electrons. The summed E-state index contributed by atoms with van der Waals surface area (Å²) in [5.74, 6) is -1.95. The lowest BCUT2D eigenvalue weighted by atomic mass is 10.1. The van der Waals surface area contributed by atoms with E-state index in [9.17, 15) is 19.2 Å². The molecule has 0 unspecified atom stereocenters. The number of carboxylic acid groups (broad SMARTS) is 1. The number of rotatable bonds is 6. The fourth-order valence-electron chi connectivity index (χ4n) is 2.12. The lowest BCUT2D eigenvalue weighted by Gasteiger charge is -2.09. The molecule has 0 aromatic heterocycles. The van der Waals surface area contributed by atoms with Crippen LogP contribution in [0.4, 0.5) is 10.1 Å². The van der Waals surface area contributed by atoms with Gasteiger partial charge in [0.1, 0.15) is 23.2 Å². The molecule has 0 aliphatic rings. The van der Waals surface area contributed by atoms with Crippen LogP contribution in [0.3, 0.4) is 0 Å². The average Bonchev–Trinajstić information content (AvgIpc) is 2.62. The van der Waals surface area contributed by atoms with Crippen LogP contribution in [0.15, 0.2) is 48.0 Å². The van der Waals surface area contributed by atoms with Gasteiger partial charge in [-0.1, -0.05) is 0 Å². The summed E-state index contributed by atoms with van der Waals surface area (Å²) in [5.41, 5.74) is 0.355. The van der Waals surface area contributed by atoms with Gasteiger partial charge in [-0.2, -0.15) is 5.26 Å². The maximum absolute atomic E-state index is 12.9. The fourth-order valence-corrected chi connectivity index (χ4v) is 2.12. The van der Waals surface area contributed by atoms with Crippen molar-refractivity contribution in [2.75, 3.05) is 11.9 Å². The summed E-state index contributed by atoms with van der Waals surface area (Å²) in [6, 6.07) is 11.0. The molecule has 2 aromatic rings. The summed E-state index contributed by atoms with van der Waals surface area (Å²) < 4.78 is 18.3. The van der Waals surface area contributed by atoms with Crippen molar-refractivity contribution in [3.8, 4) is 11.8 Å². The second-order valence-electron chi connectivity index (χ2n) is 5.12. The Bertz CT molecular complexity index is 899. The number of carbonyl (C=O) groups is 2.